The Kier molecular flexibility index (Phi) is 18.0. The van der Waals surface area contributed by atoms with E-state index in [-0.39, 0.29) is 37.4 Å². The van der Waals surface area contributed by atoms with Gasteiger partial charge in [-0.15, -0.1) is 10.3 Å². The third-order valence-corrected chi connectivity index (χ3v) is 11.2. The Hall–Kier alpha value is -4.95. The molecule has 2 fully saturated rings. The van der Waals surface area contributed by atoms with Crippen molar-refractivity contribution in [3.63, 3.8) is 0 Å². The summed E-state index contributed by atoms with van der Waals surface area (Å²) in [6, 6.07) is 16.5. The first-order chi connectivity index (χ1) is 29.1. The van der Waals surface area contributed by atoms with E-state index < -0.39 is 64.7 Å². The molecule has 0 aliphatic carbocycles. The van der Waals surface area contributed by atoms with Gasteiger partial charge in [-0.3, -0.25) is 14.4 Å². The Labute approximate surface area is 368 Å². The largest absolute Gasteiger partial charge is 0.445 e. The molecule has 14 nitrogen and oxygen atoms in total. The van der Waals surface area contributed by atoms with Gasteiger partial charge in [0.25, 0.3) is 0 Å². The summed E-state index contributed by atoms with van der Waals surface area (Å²) in [5.41, 5.74) is -0.329. The number of hydroxylamine groups is 2. The molecule has 62 heavy (non-hydrogen) atoms. The van der Waals surface area contributed by atoms with Crippen LogP contribution in [0.2, 0.25) is 0 Å². The van der Waals surface area contributed by atoms with Crippen LogP contribution in [0.15, 0.2) is 72.8 Å². The Morgan fingerprint density at radius 3 is 2.06 bits per heavy atom. The van der Waals surface area contributed by atoms with Crippen molar-refractivity contribution < 1.29 is 38.7 Å². The monoisotopic (exact) mass is 860 g/mol. The van der Waals surface area contributed by atoms with Crippen molar-refractivity contribution >= 4 is 29.9 Å². The lowest BCUT2D eigenvalue weighted by Gasteiger charge is -2.50. The lowest BCUT2D eigenvalue weighted by molar-refractivity contribution is -0.290. The van der Waals surface area contributed by atoms with Crippen LogP contribution in [0.5, 0.6) is 0 Å². The fourth-order valence-electron chi connectivity index (χ4n) is 8.52. The van der Waals surface area contributed by atoms with E-state index in [9.17, 15) is 29.2 Å². The second-order valence-electron chi connectivity index (χ2n) is 19.5. The zero-order valence-corrected chi connectivity index (χ0v) is 38.3. The summed E-state index contributed by atoms with van der Waals surface area (Å²) in [6.45, 7) is 17.6. The number of likely N-dealkylation sites (tertiary alicyclic amines) is 1. The smallest absolute Gasteiger partial charge is 0.408 e. The molecule has 2 aliphatic rings. The van der Waals surface area contributed by atoms with E-state index in [0.29, 0.717) is 51.5 Å². The topological polar surface area (TPSA) is 178 Å². The van der Waals surface area contributed by atoms with Crippen LogP contribution in [0.1, 0.15) is 118 Å². The Balaban J connectivity index is 1.51. The molecule has 1 radical (unpaired) electrons. The molecule has 0 spiro atoms. The molecule has 0 saturated carbocycles. The third kappa shape index (κ3) is 15.7. The first kappa shape index (κ1) is 49.7. The second kappa shape index (κ2) is 22.4. The van der Waals surface area contributed by atoms with Crippen LogP contribution in [0.25, 0.3) is 0 Å². The number of rotatable bonds is 18. The van der Waals surface area contributed by atoms with Crippen LogP contribution < -0.4 is 21.3 Å². The minimum Gasteiger partial charge on any atom is -0.445 e. The van der Waals surface area contributed by atoms with E-state index >= 15 is 0 Å². The molecule has 2 aromatic rings. The Morgan fingerprint density at radius 1 is 0.855 bits per heavy atom. The molecular weight excluding hydrogens is 789 g/mol. The maximum Gasteiger partial charge on any atom is 0.408 e. The molecule has 2 aromatic carbocycles. The van der Waals surface area contributed by atoms with Gasteiger partial charge in [-0.1, -0.05) is 86.7 Å². The van der Waals surface area contributed by atoms with E-state index in [1.54, 1.807) is 25.7 Å². The number of nitrogens with zero attached hydrogens (tertiary/aromatic N) is 2. The molecule has 4 rings (SSSR count). The number of hydrogen-bond donors (Lipinski definition) is 4. The van der Waals surface area contributed by atoms with Gasteiger partial charge in [0, 0.05) is 30.2 Å². The van der Waals surface area contributed by atoms with Crippen molar-refractivity contribution in [3.05, 3.63) is 83.9 Å². The number of carbonyl (C=O) groups is 5. The molecule has 14 heteroatoms. The average Bonchev–Trinajstić information content (AvgIpc) is 3.68. The minimum atomic E-state index is -0.977. The van der Waals surface area contributed by atoms with Crippen molar-refractivity contribution in [2.45, 2.75) is 161 Å². The van der Waals surface area contributed by atoms with Gasteiger partial charge in [0.05, 0.1) is 12.0 Å². The second-order valence-corrected chi connectivity index (χ2v) is 19.5. The van der Waals surface area contributed by atoms with E-state index in [2.05, 4.69) is 35.1 Å². The molecule has 2 heterocycles. The molecule has 4 atom stereocenters. The quantitative estimate of drug-likeness (QED) is 0.0914. The van der Waals surface area contributed by atoms with Gasteiger partial charge in [-0.2, -0.15) is 0 Å². The van der Waals surface area contributed by atoms with Gasteiger partial charge >= 0.3 is 12.2 Å². The number of nitrogens with one attached hydrogen (secondary N) is 4. The fourth-order valence-corrected chi connectivity index (χ4v) is 8.52. The van der Waals surface area contributed by atoms with Crippen LogP contribution in [0, 0.1) is 11.8 Å². The highest BCUT2D eigenvalue weighted by atomic mass is 16.6. The molecule has 2 saturated heterocycles. The minimum absolute atomic E-state index is 0.114. The maximum atomic E-state index is 14.6. The van der Waals surface area contributed by atoms with Crippen LogP contribution in [-0.2, 0) is 42.1 Å². The summed E-state index contributed by atoms with van der Waals surface area (Å²) in [4.78, 5) is 69.8. The summed E-state index contributed by atoms with van der Waals surface area (Å²) in [5, 5.41) is 25.9. The summed E-state index contributed by atoms with van der Waals surface area (Å²) in [5.74, 6) is -1.47. The molecule has 0 aromatic heterocycles. The molecule has 0 unspecified atom stereocenters. The van der Waals surface area contributed by atoms with Crippen molar-refractivity contribution in [1.82, 2.24) is 31.2 Å². The van der Waals surface area contributed by atoms with Crippen LogP contribution in [0.3, 0.4) is 0 Å². The lowest BCUT2D eigenvalue weighted by atomic mass is 9.79. The SMILES string of the molecule is CC(C)C[C@@H](/C=C/[C@H](Cc1ccccc1)C(=O)N1CCC[C@H]1C(=O)N[C@@H](CCCNC(=O)OCc1ccccc1)C(=O)NC1CC(C)(C)N([O])C(C)(C)C1)NC(=O)OC(C)(C)C. The standard InChI is InChI=1S/C48H71N6O8/c1-33(2)28-37(51-45(59)62-46(3,4)5)25-24-36(29-34-18-12-10-13-19-34)43(57)53-27-17-23-40(53)42(56)52-39(22-16-26-49-44(58)61-32-35-20-14-11-15-21-35)41(55)50-38-30-47(6,7)54(60)48(8,9)31-38/h10-15,18-21,24-25,33,36-40H,16-17,22-23,26-32H2,1-9H3,(H,49,58)(H,50,55)(H,51,59)(H,52,56)/b25-24+/t36-,37-,39+,40+/m1/s1. The highest BCUT2D eigenvalue weighted by molar-refractivity contribution is 5.93. The fraction of sp³-hybridized carbons (Fsp3) is 0.604. The van der Waals surface area contributed by atoms with Crippen LogP contribution in [0.4, 0.5) is 9.59 Å². The van der Waals surface area contributed by atoms with Crippen molar-refractivity contribution in [1.29, 1.82) is 0 Å². The number of piperidine rings is 1. The normalized spacial score (nSPS) is 19.3. The number of hydrogen-bond acceptors (Lipinski definition) is 8. The first-order valence-corrected chi connectivity index (χ1v) is 22.2. The summed E-state index contributed by atoms with van der Waals surface area (Å²) in [6.07, 6.45) is 5.96. The highest BCUT2D eigenvalue weighted by Gasteiger charge is 2.47. The molecule has 4 N–H and O–H groups in total. The van der Waals surface area contributed by atoms with Crippen molar-refractivity contribution in [3.8, 4) is 0 Å². The summed E-state index contributed by atoms with van der Waals surface area (Å²) >= 11 is 0. The molecule has 0 bridgehead atoms. The third-order valence-electron chi connectivity index (χ3n) is 11.2. The van der Waals surface area contributed by atoms with Gasteiger partial charge in [0.1, 0.15) is 24.3 Å². The average molecular weight is 860 g/mol. The number of benzene rings is 2. The number of carbonyl (C=O) groups excluding carboxylic acids is 5. The predicted octanol–water partition coefficient (Wildman–Crippen LogP) is 7.01. The van der Waals surface area contributed by atoms with Gasteiger partial charge in [-0.25, -0.2) is 9.59 Å². The lowest BCUT2D eigenvalue weighted by Crippen LogP contribution is -2.63. The number of amides is 5. The first-order valence-electron chi connectivity index (χ1n) is 22.2. The van der Waals surface area contributed by atoms with Gasteiger partial charge < -0.3 is 35.6 Å². The number of ether oxygens (including phenoxy) is 2. The molecular formula is C48H71N6O8. The highest BCUT2D eigenvalue weighted by Crippen LogP contribution is 2.37. The number of alkyl carbamates (subject to hydrolysis) is 2. The summed E-state index contributed by atoms with van der Waals surface area (Å²) in [7, 11) is 0. The van der Waals surface area contributed by atoms with Gasteiger partial charge in [0.15, 0.2) is 0 Å². The van der Waals surface area contributed by atoms with E-state index in [4.69, 9.17) is 9.47 Å². The molecule has 341 valence electrons. The van der Waals surface area contributed by atoms with Crippen molar-refractivity contribution in [2.24, 2.45) is 11.8 Å². The Morgan fingerprint density at radius 2 is 1.47 bits per heavy atom. The predicted molar refractivity (Wildman–Crippen MR) is 238 cm³/mol. The summed E-state index contributed by atoms with van der Waals surface area (Å²) < 4.78 is 10.9. The van der Waals surface area contributed by atoms with Gasteiger partial charge in [0.2, 0.25) is 17.7 Å². The van der Waals surface area contributed by atoms with Crippen LogP contribution >= 0.6 is 0 Å². The van der Waals surface area contributed by atoms with Crippen molar-refractivity contribution in [2.75, 3.05) is 13.1 Å². The zero-order chi connectivity index (χ0) is 45.7. The zero-order valence-electron chi connectivity index (χ0n) is 38.3. The van der Waals surface area contributed by atoms with Gasteiger partial charge in [-0.05, 0) is 117 Å². The molecule has 2 aliphatic heterocycles. The Bertz CT molecular complexity index is 1790. The maximum absolute atomic E-state index is 14.6. The van der Waals surface area contributed by atoms with Crippen LogP contribution in [-0.4, -0.2) is 93.8 Å². The van der Waals surface area contributed by atoms with E-state index in [0.717, 1.165) is 16.2 Å². The van der Waals surface area contributed by atoms with E-state index in [1.807, 2.05) is 101 Å². The van der Waals surface area contributed by atoms with E-state index in [1.165, 1.54) is 0 Å². The molecule has 5 amide bonds.